The van der Waals surface area contributed by atoms with Gasteiger partial charge in [0.05, 0.1) is 7.11 Å². The molecule has 0 N–H and O–H groups in total. The summed E-state index contributed by atoms with van der Waals surface area (Å²) in [5, 5.41) is -0.0144. The SMILES string of the molecule is COC(=O)C=C1C[C@@H](O[Si](C)(C)C(C)(C)C)C(=O)[C@H](O[Si](C)(C)C(C)(C)C)C1. The van der Waals surface area contributed by atoms with Crippen LogP contribution in [0.4, 0.5) is 0 Å². The van der Waals surface area contributed by atoms with Crippen molar-refractivity contribution in [3.63, 3.8) is 0 Å². The van der Waals surface area contributed by atoms with Crippen molar-refractivity contribution in [3.8, 4) is 0 Å². The molecule has 0 radical (unpaired) electrons. The Morgan fingerprint density at radius 3 is 1.54 bits per heavy atom. The summed E-state index contributed by atoms with van der Waals surface area (Å²) in [5.74, 6) is -0.391. The first-order valence-electron chi connectivity index (χ1n) is 10.1. The third kappa shape index (κ3) is 6.11. The minimum Gasteiger partial charge on any atom is -0.466 e. The van der Waals surface area contributed by atoms with Gasteiger partial charge in [-0.2, -0.15) is 0 Å². The van der Waals surface area contributed by atoms with Gasteiger partial charge in [-0.05, 0) is 36.3 Å². The zero-order valence-corrected chi connectivity index (χ0v) is 21.7. The molecule has 0 aromatic heterocycles. The molecule has 0 heterocycles. The van der Waals surface area contributed by atoms with Crippen LogP contribution in [-0.4, -0.2) is 47.7 Å². The highest BCUT2D eigenvalue weighted by atomic mass is 28.4. The van der Waals surface area contributed by atoms with Crippen LogP contribution in [0.2, 0.25) is 36.3 Å². The van der Waals surface area contributed by atoms with Crippen molar-refractivity contribution in [1.82, 2.24) is 0 Å². The highest BCUT2D eigenvalue weighted by molar-refractivity contribution is 6.74. The van der Waals surface area contributed by atoms with E-state index in [0.717, 1.165) is 5.57 Å². The fraction of sp³-hybridized carbons (Fsp3) is 0.810. The van der Waals surface area contributed by atoms with E-state index in [-0.39, 0.29) is 15.9 Å². The van der Waals surface area contributed by atoms with E-state index < -0.39 is 34.8 Å². The third-order valence-corrected chi connectivity index (χ3v) is 15.5. The molecule has 0 aliphatic heterocycles. The van der Waals surface area contributed by atoms with Crippen LogP contribution < -0.4 is 0 Å². The summed E-state index contributed by atoms with van der Waals surface area (Å²) in [5.41, 5.74) is 0.860. The lowest BCUT2D eigenvalue weighted by atomic mass is 9.89. The summed E-state index contributed by atoms with van der Waals surface area (Å²) in [6, 6.07) is 0. The van der Waals surface area contributed by atoms with E-state index in [0.29, 0.717) is 12.8 Å². The summed E-state index contributed by atoms with van der Waals surface area (Å²) >= 11 is 0. The molecular formula is C21H40O5Si2. The quantitative estimate of drug-likeness (QED) is 0.341. The molecule has 1 saturated carbocycles. The van der Waals surface area contributed by atoms with Crippen LogP contribution in [0.1, 0.15) is 54.4 Å². The van der Waals surface area contributed by atoms with Crippen LogP contribution in [0.15, 0.2) is 11.6 Å². The number of hydrogen-bond acceptors (Lipinski definition) is 5. The fourth-order valence-electron chi connectivity index (χ4n) is 2.58. The second kappa shape index (κ2) is 8.54. The molecule has 0 aromatic carbocycles. The first kappa shape index (κ1) is 25.3. The summed E-state index contributed by atoms with van der Waals surface area (Å²) in [6.07, 6.45) is 1.21. The molecule has 28 heavy (non-hydrogen) atoms. The second-order valence-electron chi connectivity index (χ2n) is 10.9. The Balaban J connectivity index is 3.21. The molecule has 0 unspecified atom stereocenters. The Morgan fingerprint density at radius 2 is 1.25 bits per heavy atom. The fourth-order valence-corrected chi connectivity index (χ4v) is 5.10. The van der Waals surface area contributed by atoms with Crippen LogP contribution in [0, 0.1) is 0 Å². The van der Waals surface area contributed by atoms with Gasteiger partial charge in [0.15, 0.2) is 22.4 Å². The number of carbonyl (C=O) groups is 2. The predicted octanol–water partition coefficient (Wildman–Crippen LogP) is 5.23. The molecule has 5 nitrogen and oxygen atoms in total. The van der Waals surface area contributed by atoms with Crippen molar-refractivity contribution < 1.29 is 23.2 Å². The molecule has 1 rings (SSSR count). The minimum atomic E-state index is -2.15. The molecular weight excluding hydrogens is 388 g/mol. The van der Waals surface area contributed by atoms with E-state index in [9.17, 15) is 9.59 Å². The monoisotopic (exact) mass is 428 g/mol. The first-order chi connectivity index (χ1) is 12.4. The zero-order chi connectivity index (χ0) is 22.1. The number of ketones is 1. The smallest absolute Gasteiger partial charge is 0.330 e. The summed E-state index contributed by atoms with van der Waals surface area (Å²) in [7, 11) is -2.93. The van der Waals surface area contributed by atoms with Crippen LogP contribution >= 0.6 is 0 Å². The van der Waals surface area contributed by atoms with Gasteiger partial charge in [-0.1, -0.05) is 47.1 Å². The van der Waals surface area contributed by atoms with Crippen LogP contribution in [0.5, 0.6) is 0 Å². The molecule has 0 aromatic rings. The topological polar surface area (TPSA) is 61.8 Å². The molecule has 0 spiro atoms. The maximum atomic E-state index is 13.3. The van der Waals surface area contributed by atoms with Crippen LogP contribution in [0.25, 0.3) is 0 Å². The van der Waals surface area contributed by atoms with Gasteiger partial charge in [0.2, 0.25) is 0 Å². The number of rotatable bonds is 5. The van der Waals surface area contributed by atoms with E-state index in [2.05, 4.69) is 67.7 Å². The molecule has 1 fully saturated rings. The van der Waals surface area contributed by atoms with E-state index in [1.165, 1.54) is 13.2 Å². The lowest BCUT2D eigenvalue weighted by molar-refractivity contribution is -0.137. The lowest BCUT2D eigenvalue weighted by Gasteiger charge is -2.44. The molecule has 1 aliphatic carbocycles. The number of ether oxygens (including phenoxy) is 1. The molecule has 0 amide bonds. The second-order valence-corrected chi connectivity index (χ2v) is 20.4. The Hall–Kier alpha value is -0.766. The van der Waals surface area contributed by atoms with E-state index in [4.69, 9.17) is 13.6 Å². The normalized spacial score (nSPS) is 22.2. The number of carbonyl (C=O) groups excluding carboxylic acids is 2. The standard InChI is InChI=1S/C21H40O5Si2/c1-20(2,3)27(8,9)25-16-12-15(14-18(22)24-7)13-17(19(16)23)26-28(10,11)21(4,5)6/h14,16-17H,12-13H2,1-11H3/t16-,17-/m1/s1. The van der Waals surface area contributed by atoms with Gasteiger partial charge in [-0.15, -0.1) is 0 Å². The number of esters is 1. The van der Waals surface area contributed by atoms with Crippen LogP contribution in [-0.2, 0) is 23.2 Å². The van der Waals surface area contributed by atoms with E-state index in [1.54, 1.807) is 0 Å². The third-order valence-electron chi connectivity index (χ3n) is 6.54. The summed E-state index contributed by atoms with van der Waals surface area (Å²) in [6.45, 7) is 21.5. The van der Waals surface area contributed by atoms with Gasteiger partial charge in [-0.25, -0.2) is 4.79 Å². The predicted molar refractivity (Wildman–Crippen MR) is 118 cm³/mol. The highest BCUT2D eigenvalue weighted by Gasteiger charge is 2.47. The number of methoxy groups -OCH3 is 1. The highest BCUT2D eigenvalue weighted by Crippen LogP contribution is 2.42. The average Bonchev–Trinajstić information content (AvgIpc) is 2.48. The minimum absolute atomic E-state index is 0.00720. The van der Waals surface area contributed by atoms with Crippen molar-refractivity contribution in [2.24, 2.45) is 0 Å². The maximum Gasteiger partial charge on any atom is 0.330 e. The van der Waals surface area contributed by atoms with Gasteiger partial charge >= 0.3 is 5.97 Å². The molecule has 1 aliphatic rings. The van der Waals surface area contributed by atoms with Crippen molar-refractivity contribution in [2.75, 3.05) is 7.11 Å². The van der Waals surface area contributed by atoms with Gasteiger partial charge in [0.25, 0.3) is 0 Å². The zero-order valence-electron chi connectivity index (χ0n) is 19.7. The van der Waals surface area contributed by atoms with Gasteiger partial charge in [0.1, 0.15) is 12.2 Å². The maximum absolute atomic E-state index is 13.3. The molecule has 0 saturated heterocycles. The molecule has 162 valence electrons. The number of Topliss-reactive ketones (excluding diaryl/α,β-unsaturated/α-hetero) is 1. The van der Waals surface area contributed by atoms with E-state index in [1.807, 2.05) is 0 Å². The van der Waals surface area contributed by atoms with Gasteiger partial charge < -0.3 is 13.6 Å². The Morgan fingerprint density at radius 1 is 0.893 bits per heavy atom. The van der Waals surface area contributed by atoms with Crippen molar-refractivity contribution in [2.45, 2.75) is 103 Å². The summed E-state index contributed by atoms with van der Waals surface area (Å²) in [4.78, 5) is 25.1. The molecule has 2 atom stereocenters. The Labute approximate surface area is 173 Å². The Bertz CT molecular complexity index is 582. The largest absolute Gasteiger partial charge is 0.466 e. The van der Waals surface area contributed by atoms with Crippen molar-refractivity contribution in [1.29, 1.82) is 0 Å². The van der Waals surface area contributed by atoms with Gasteiger partial charge in [0, 0.05) is 18.9 Å². The van der Waals surface area contributed by atoms with Crippen molar-refractivity contribution >= 4 is 28.4 Å². The van der Waals surface area contributed by atoms with Gasteiger partial charge in [-0.3, -0.25) is 4.79 Å². The number of hydrogen-bond donors (Lipinski definition) is 0. The molecule has 7 heteroatoms. The lowest BCUT2D eigenvalue weighted by Crippen LogP contribution is -2.53. The summed E-state index contributed by atoms with van der Waals surface area (Å²) < 4.78 is 17.7. The molecule has 0 bridgehead atoms. The first-order valence-corrected chi connectivity index (χ1v) is 15.9. The van der Waals surface area contributed by atoms with Crippen molar-refractivity contribution in [3.05, 3.63) is 11.6 Å². The van der Waals surface area contributed by atoms with E-state index >= 15 is 0 Å². The average molecular weight is 429 g/mol. The van der Waals surface area contributed by atoms with Crippen LogP contribution in [0.3, 0.4) is 0 Å². The Kier molecular flexibility index (Phi) is 7.70.